The van der Waals surface area contributed by atoms with E-state index in [0.717, 1.165) is 11.1 Å². The zero-order chi connectivity index (χ0) is 15.1. The number of hydrogen-bond donors (Lipinski definition) is 2. The molecular formula is C16H17N3O2. The number of aliphatic hydroxyl groups is 1. The lowest BCUT2D eigenvalue weighted by Gasteiger charge is -2.07. The van der Waals surface area contributed by atoms with Crippen molar-refractivity contribution >= 4 is 11.6 Å². The third-order valence-corrected chi connectivity index (χ3v) is 2.95. The van der Waals surface area contributed by atoms with Gasteiger partial charge < -0.3 is 10.4 Å². The van der Waals surface area contributed by atoms with E-state index in [9.17, 15) is 4.79 Å². The van der Waals surface area contributed by atoms with Crippen molar-refractivity contribution in [3.05, 3.63) is 47.8 Å². The Morgan fingerprint density at radius 2 is 2.33 bits per heavy atom. The summed E-state index contributed by atoms with van der Waals surface area (Å²) < 4.78 is 1.72. The largest absolute Gasteiger partial charge is 0.384 e. The second-order valence-electron chi connectivity index (χ2n) is 4.56. The number of benzene rings is 1. The topological polar surface area (TPSA) is 67.2 Å². The van der Waals surface area contributed by atoms with Gasteiger partial charge in [-0.2, -0.15) is 5.10 Å². The van der Waals surface area contributed by atoms with Crippen LogP contribution in [0, 0.1) is 18.8 Å². The molecule has 0 unspecified atom stereocenters. The van der Waals surface area contributed by atoms with Gasteiger partial charge in [0.15, 0.2) is 0 Å². The number of aryl methyl sites for hydroxylation is 2. The number of anilines is 1. The molecule has 0 spiro atoms. The molecule has 0 fully saturated rings. The Morgan fingerprint density at radius 1 is 1.48 bits per heavy atom. The van der Waals surface area contributed by atoms with E-state index in [-0.39, 0.29) is 12.5 Å². The van der Waals surface area contributed by atoms with Crippen LogP contribution in [0.25, 0.3) is 0 Å². The van der Waals surface area contributed by atoms with Crippen LogP contribution in [-0.2, 0) is 11.3 Å². The Hall–Kier alpha value is -2.58. The molecule has 1 amide bonds. The molecule has 108 valence electrons. The molecule has 1 aromatic heterocycles. The first-order valence-electron chi connectivity index (χ1n) is 6.66. The van der Waals surface area contributed by atoms with E-state index in [1.165, 1.54) is 0 Å². The molecule has 1 aromatic carbocycles. The normalized spacial score (nSPS) is 9.81. The van der Waals surface area contributed by atoms with Gasteiger partial charge in [-0.05, 0) is 30.7 Å². The minimum Gasteiger partial charge on any atom is -0.384 e. The Bertz CT molecular complexity index is 667. The SMILES string of the molecule is Cc1ccc(NC(=O)CCn2cccn2)cc1C#CCO. The summed E-state index contributed by atoms with van der Waals surface area (Å²) in [5.74, 6) is 5.40. The van der Waals surface area contributed by atoms with Gasteiger partial charge in [-0.1, -0.05) is 17.9 Å². The predicted octanol–water partition coefficient (Wildman–Crippen LogP) is 1.56. The molecule has 2 aromatic rings. The van der Waals surface area contributed by atoms with Crippen LogP contribution in [0.3, 0.4) is 0 Å². The summed E-state index contributed by atoms with van der Waals surface area (Å²) >= 11 is 0. The van der Waals surface area contributed by atoms with E-state index in [1.54, 1.807) is 10.9 Å². The highest BCUT2D eigenvalue weighted by molar-refractivity contribution is 5.90. The molecule has 0 saturated carbocycles. The third-order valence-electron chi connectivity index (χ3n) is 2.95. The summed E-state index contributed by atoms with van der Waals surface area (Å²) in [5, 5.41) is 15.6. The number of carbonyl (C=O) groups is 1. The molecule has 0 aliphatic carbocycles. The molecule has 0 aliphatic rings. The molecule has 0 atom stereocenters. The maximum absolute atomic E-state index is 11.9. The highest BCUT2D eigenvalue weighted by Crippen LogP contribution is 2.14. The molecule has 2 N–H and O–H groups in total. The van der Waals surface area contributed by atoms with Crippen LogP contribution in [0.1, 0.15) is 17.5 Å². The number of nitrogens with one attached hydrogen (secondary N) is 1. The van der Waals surface area contributed by atoms with Gasteiger partial charge in [0, 0.05) is 36.6 Å². The highest BCUT2D eigenvalue weighted by Gasteiger charge is 2.04. The molecule has 0 aliphatic heterocycles. The summed E-state index contributed by atoms with van der Waals surface area (Å²) in [6, 6.07) is 7.36. The number of nitrogens with zero attached hydrogens (tertiary/aromatic N) is 2. The van der Waals surface area contributed by atoms with Crippen LogP contribution >= 0.6 is 0 Å². The fraction of sp³-hybridized carbons (Fsp3) is 0.250. The predicted molar refractivity (Wildman–Crippen MR) is 80.6 cm³/mol. The number of hydrogen-bond acceptors (Lipinski definition) is 3. The maximum Gasteiger partial charge on any atom is 0.226 e. The molecule has 5 heteroatoms. The van der Waals surface area contributed by atoms with Gasteiger partial charge in [-0.3, -0.25) is 9.48 Å². The molecular weight excluding hydrogens is 266 g/mol. The van der Waals surface area contributed by atoms with Crippen LogP contribution in [0.5, 0.6) is 0 Å². The Kier molecular flexibility index (Phi) is 5.13. The van der Waals surface area contributed by atoms with E-state index >= 15 is 0 Å². The van der Waals surface area contributed by atoms with Gasteiger partial charge in [0.05, 0.1) is 0 Å². The lowest BCUT2D eigenvalue weighted by Crippen LogP contribution is -2.14. The summed E-state index contributed by atoms with van der Waals surface area (Å²) in [6.45, 7) is 2.30. The highest BCUT2D eigenvalue weighted by atomic mass is 16.2. The van der Waals surface area contributed by atoms with Crippen LogP contribution < -0.4 is 5.32 Å². The molecule has 2 rings (SSSR count). The minimum absolute atomic E-state index is 0.0737. The van der Waals surface area contributed by atoms with Crippen molar-refractivity contribution in [2.24, 2.45) is 0 Å². The Balaban J connectivity index is 1.97. The van der Waals surface area contributed by atoms with Crippen molar-refractivity contribution in [2.45, 2.75) is 19.9 Å². The maximum atomic E-state index is 11.9. The van der Waals surface area contributed by atoms with Gasteiger partial charge in [0.1, 0.15) is 6.61 Å². The molecule has 0 radical (unpaired) electrons. The summed E-state index contributed by atoms with van der Waals surface area (Å²) in [4.78, 5) is 11.9. The van der Waals surface area contributed by atoms with Gasteiger partial charge in [-0.15, -0.1) is 0 Å². The lowest BCUT2D eigenvalue weighted by molar-refractivity contribution is -0.116. The van der Waals surface area contributed by atoms with E-state index in [0.29, 0.717) is 18.7 Å². The standard InChI is InChI=1S/C16H17N3O2/c1-13-5-6-15(12-14(13)4-2-11-20)18-16(21)7-10-19-9-3-8-17-19/h3,5-6,8-9,12,20H,7,10-11H2,1H3,(H,18,21). The van der Waals surface area contributed by atoms with Crippen LogP contribution in [-0.4, -0.2) is 27.4 Å². The average molecular weight is 283 g/mol. The van der Waals surface area contributed by atoms with Gasteiger partial charge in [0.2, 0.25) is 5.91 Å². The number of aromatic nitrogens is 2. The van der Waals surface area contributed by atoms with Gasteiger partial charge in [-0.25, -0.2) is 0 Å². The van der Waals surface area contributed by atoms with Gasteiger partial charge >= 0.3 is 0 Å². The van der Waals surface area contributed by atoms with E-state index in [2.05, 4.69) is 22.3 Å². The first-order chi connectivity index (χ1) is 10.2. The lowest BCUT2D eigenvalue weighted by atomic mass is 10.1. The fourth-order valence-corrected chi connectivity index (χ4v) is 1.84. The number of carbonyl (C=O) groups excluding carboxylic acids is 1. The van der Waals surface area contributed by atoms with Crippen LogP contribution in [0.15, 0.2) is 36.7 Å². The zero-order valence-corrected chi connectivity index (χ0v) is 11.8. The van der Waals surface area contributed by atoms with Gasteiger partial charge in [0.25, 0.3) is 0 Å². The quantitative estimate of drug-likeness (QED) is 0.837. The third kappa shape index (κ3) is 4.48. The molecule has 1 heterocycles. The molecule has 5 nitrogen and oxygen atoms in total. The number of rotatable bonds is 4. The van der Waals surface area contributed by atoms with E-state index in [1.807, 2.05) is 37.4 Å². The average Bonchev–Trinajstić information content (AvgIpc) is 2.99. The first-order valence-corrected chi connectivity index (χ1v) is 6.66. The Labute approximate surface area is 123 Å². The first kappa shape index (κ1) is 14.8. The Morgan fingerprint density at radius 3 is 3.05 bits per heavy atom. The molecule has 21 heavy (non-hydrogen) atoms. The smallest absolute Gasteiger partial charge is 0.226 e. The van der Waals surface area contributed by atoms with Crippen molar-refractivity contribution in [3.8, 4) is 11.8 Å². The van der Waals surface area contributed by atoms with E-state index < -0.39 is 0 Å². The van der Waals surface area contributed by atoms with E-state index in [4.69, 9.17) is 5.11 Å². The molecule has 0 saturated heterocycles. The number of aliphatic hydroxyl groups excluding tert-OH is 1. The molecule has 0 bridgehead atoms. The van der Waals surface area contributed by atoms with Crippen molar-refractivity contribution in [2.75, 3.05) is 11.9 Å². The van der Waals surface area contributed by atoms with Crippen molar-refractivity contribution < 1.29 is 9.90 Å². The second kappa shape index (κ2) is 7.27. The monoisotopic (exact) mass is 283 g/mol. The summed E-state index contributed by atoms with van der Waals surface area (Å²) in [7, 11) is 0. The fourth-order valence-electron chi connectivity index (χ4n) is 1.84. The van der Waals surface area contributed by atoms with Crippen LogP contribution in [0.2, 0.25) is 0 Å². The minimum atomic E-state index is -0.181. The van der Waals surface area contributed by atoms with Crippen molar-refractivity contribution in [1.29, 1.82) is 0 Å². The summed E-state index contributed by atoms with van der Waals surface area (Å²) in [5.41, 5.74) is 2.51. The van der Waals surface area contributed by atoms with Crippen molar-refractivity contribution in [1.82, 2.24) is 9.78 Å². The van der Waals surface area contributed by atoms with Crippen LogP contribution in [0.4, 0.5) is 5.69 Å². The number of amides is 1. The van der Waals surface area contributed by atoms with Crippen molar-refractivity contribution in [3.63, 3.8) is 0 Å². The zero-order valence-electron chi connectivity index (χ0n) is 11.8. The summed E-state index contributed by atoms with van der Waals surface area (Å²) in [6.07, 6.45) is 3.86. The second-order valence-corrected chi connectivity index (χ2v) is 4.56.